The number of aliphatic hydroxyl groups excluding tert-OH is 1. The molecule has 3 nitrogen and oxygen atoms in total. The molecular formula is C14H19NO2. The lowest BCUT2D eigenvalue weighted by molar-refractivity contribution is -0.117. The molecule has 1 aromatic carbocycles. The van der Waals surface area contributed by atoms with E-state index in [2.05, 4.69) is 5.32 Å². The van der Waals surface area contributed by atoms with Gasteiger partial charge in [0.15, 0.2) is 0 Å². The van der Waals surface area contributed by atoms with Gasteiger partial charge in [0.2, 0.25) is 5.91 Å². The van der Waals surface area contributed by atoms with E-state index in [0.29, 0.717) is 12.3 Å². The third-order valence-corrected chi connectivity index (χ3v) is 3.34. The van der Waals surface area contributed by atoms with Gasteiger partial charge in [-0.1, -0.05) is 25.0 Å². The number of hydrogen-bond donors (Lipinski definition) is 2. The van der Waals surface area contributed by atoms with E-state index in [-0.39, 0.29) is 12.5 Å². The summed E-state index contributed by atoms with van der Waals surface area (Å²) in [4.78, 5) is 11.8. The van der Waals surface area contributed by atoms with Crippen LogP contribution >= 0.6 is 0 Å². The molecule has 0 aromatic heterocycles. The first-order valence-corrected chi connectivity index (χ1v) is 6.27. The highest BCUT2D eigenvalue weighted by atomic mass is 16.3. The predicted octanol–water partition coefficient (Wildman–Crippen LogP) is 2.70. The van der Waals surface area contributed by atoms with Crippen molar-refractivity contribution in [2.75, 3.05) is 5.32 Å². The fraction of sp³-hybridized carbons (Fsp3) is 0.500. The van der Waals surface area contributed by atoms with Crippen LogP contribution in [0.3, 0.4) is 0 Å². The highest BCUT2D eigenvalue weighted by Crippen LogP contribution is 2.27. The fourth-order valence-electron chi connectivity index (χ4n) is 2.44. The quantitative estimate of drug-likeness (QED) is 0.840. The van der Waals surface area contributed by atoms with Crippen LogP contribution in [0.5, 0.6) is 0 Å². The zero-order valence-electron chi connectivity index (χ0n) is 9.98. The van der Waals surface area contributed by atoms with Crippen molar-refractivity contribution in [3.63, 3.8) is 0 Å². The van der Waals surface area contributed by atoms with Crippen LogP contribution < -0.4 is 5.32 Å². The Bertz CT molecular complexity index is 384. The van der Waals surface area contributed by atoms with Crippen molar-refractivity contribution in [2.45, 2.75) is 38.7 Å². The van der Waals surface area contributed by atoms with Crippen molar-refractivity contribution in [3.8, 4) is 0 Å². The maximum Gasteiger partial charge on any atom is 0.224 e. The van der Waals surface area contributed by atoms with Crippen molar-refractivity contribution in [3.05, 3.63) is 29.8 Å². The molecule has 1 saturated carbocycles. The molecule has 0 aliphatic heterocycles. The highest BCUT2D eigenvalue weighted by molar-refractivity contribution is 5.90. The molecular weight excluding hydrogens is 214 g/mol. The molecule has 1 amide bonds. The van der Waals surface area contributed by atoms with Crippen LogP contribution in [-0.2, 0) is 11.4 Å². The van der Waals surface area contributed by atoms with Gasteiger partial charge < -0.3 is 10.4 Å². The van der Waals surface area contributed by atoms with Gasteiger partial charge >= 0.3 is 0 Å². The smallest absolute Gasteiger partial charge is 0.224 e. The van der Waals surface area contributed by atoms with Crippen LogP contribution in [0.15, 0.2) is 24.3 Å². The van der Waals surface area contributed by atoms with Gasteiger partial charge in [-0.25, -0.2) is 0 Å². The maximum atomic E-state index is 11.8. The summed E-state index contributed by atoms with van der Waals surface area (Å²) in [6, 6.07) is 7.35. The largest absolute Gasteiger partial charge is 0.392 e. The molecule has 92 valence electrons. The van der Waals surface area contributed by atoms with Crippen LogP contribution in [0.1, 0.15) is 37.7 Å². The zero-order valence-corrected chi connectivity index (χ0v) is 9.98. The molecule has 3 heteroatoms. The summed E-state index contributed by atoms with van der Waals surface area (Å²) in [5, 5.41) is 11.9. The summed E-state index contributed by atoms with van der Waals surface area (Å²) < 4.78 is 0. The number of hydrogen-bond acceptors (Lipinski definition) is 2. The van der Waals surface area contributed by atoms with E-state index >= 15 is 0 Å². The summed E-state index contributed by atoms with van der Waals surface area (Å²) in [6.07, 6.45) is 5.52. The van der Waals surface area contributed by atoms with E-state index in [4.69, 9.17) is 5.11 Å². The lowest BCUT2D eigenvalue weighted by Gasteiger charge is -2.10. The Hall–Kier alpha value is -1.35. The van der Waals surface area contributed by atoms with Crippen LogP contribution in [0.25, 0.3) is 0 Å². The van der Waals surface area contributed by atoms with Gasteiger partial charge in [-0.05, 0) is 36.5 Å². The van der Waals surface area contributed by atoms with Gasteiger partial charge in [0.25, 0.3) is 0 Å². The Labute approximate surface area is 102 Å². The number of nitrogens with one attached hydrogen (secondary N) is 1. The lowest BCUT2D eigenvalue weighted by Crippen LogP contribution is -2.15. The Morgan fingerprint density at radius 3 is 2.82 bits per heavy atom. The highest BCUT2D eigenvalue weighted by Gasteiger charge is 2.18. The molecule has 1 aromatic rings. The minimum Gasteiger partial charge on any atom is -0.392 e. The van der Waals surface area contributed by atoms with Gasteiger partial charge in [0, 0.05) is 12.1 Å². The van der Waals surface area contributed by atoms with Gasteiger partial charge in [0.1, 0.15) is 0 Å². The first-order chi connectivity index (χ1) is 8.28. The van der Waals surface area contributed by atoms with Crippen LogP contribution in [0, 0.1) is 5.92 Å². The zero-order chi connectivity index (χ0) is 12.1. The molecule has 0 radical (unpaired) electrons. The maximum absolute atomic E-state index is 11.8. The van der Waals surface area contributed by atoms with E-state index in [0.717, 1.165) is 11.3 Å². The summed E-state index contributed by atoms with van der Waals surface area (Å²) in [7, 11) is 0. The normalized spacial score (nSPS) is 16.1. The number of benzene rings is 1. The molecule has 0 atom stereocenters. The van der Waals surface area contributed by atoms with Crippen molar-refractivity contribution in [1.82, 2.24) is 0 Å². The van der Waals surface area contributed by atoms with Crippen molar-refractivity contribution >= 4 is 11.6 Å². The minimum atomic E-state index is 0.00629. The third-order valence-electron chi connectivity index (χ3n) is 3.34. The van der Waals surface area contributed by atoms with Gasteiger partial charge in [0.05, 0.1) is 6.61 Å². The molecule has 1 aliphatic carbocycles. The van der Waals surface area contributed by atoms with Crippen molar-refractivity contribution in [2.24, 2.45) is 5.92 Å². The molecule has 1 fully saturated rings. The second-order valence-electron chi connectivity index (χ2n) is 4.76. The van der Waals surface area contributed by atoms with E-state index < -0.39 is 0 Å². The SMILES string of the molecule is O=C(CC1CCCC1)Nc1cccc(CO)c1. The number of anilines is 1. The lowest BCUT2D eigenvalue weighted by atomic mass is 10.0. The molecule has 0 spiro atoms. The average Bonchev–Trinajstić information content (AvgIpc) is 2.82. The topological polar surface area (TPSA) is 49.3 Å². The van der Waals surface area contributed by atoms with E-state index in [1.165, 1.54) is 25.7 Å². The standard InChI is InChI=1S/C14H19NO2/c16-10-12-6-3-7-13(8-12)15-14(17)9-11-4-1-2-5-11/h3,6-8,11,16H,1-2,4-5,9-10H2,(H,15,17). The van der Waals surface area contributed by atoms with E-state index in [1.807, 2.05) is 24.3 Å². The molecule has 0 unspecified atom stereocenters. The summed E-state index contributed by atoms with van der Waals surface area (Å²) in [5.74, 6) is 0.656. The van der Waals surface area contributed by atoms with Crippen LogP contribution in [0.2, 0.25) is 0 Å². The summed E-state index contributed by atoms with van der Waals surface area (Å²) in [6.45, 7) is 0.00629. The molecule has 17 heavy (non-hydrogen) atoms. The fourth-order valence-corrected chi connectivity index (χ4v) is 2.44. The first-order valence-electron chi connectivity index (χ1n) is 6.27. The summed E-state index contributed by atoms with van der Waals surface area (Å²) in [5.41, 5.74) is 1.60. The molecule has 1 aliphatic rings. The van der Waals surface area contributed by atoms with E-state index in [9.17, 15) is 4.79 Å². The van der Waals surface area contributed by atoms with Gasteiger partial charge in [-0.3, -0.25) is 4.79 Å². The third kappa shape index (κ3) is 3.56. The van der Waals surface area contributed by atoms with Gasteiger partial charge in [-0.2, -0.15) is 0 Å². The predicted molar refractivity (Wildman–Crippen MR) is 67.6 cm³/mol. The molecule has 0 heterocycles. The first kappa shape index (κ1) is 12.1. The molecule has 0 bridgehead atoms. The average molecular weight is 233 g/mol. The summed E-state index contributed by atoms with van der Waals surface area (Å²) >= 11 is 0. The van der Waals surface area contributed by atoms with E-state index in [1.54, 1.807) is 0 Å². The molecule has 2 N–H and O–H groups in total. The van der Waals surface area contributed by atoms with Crippen molar-refractivity contribution in [1.29, 1.82) is 0 Å². The number of carbonyl (C=O) groups excluding carboxylic acids is 1. The van der Waals surface area contributed by atoms with Crippen LogP contribution in [-0.4, -0.2) is 11.0 Å². The number of aliphatic hydroxyl groups is 1. The Morgan fingerprint density at radius 1 is 1.35 bits per heavy atom. The Morgan fingerprint density at radius 2 is 2.12 bits per heavy atom. The number of amides is 1. The molecule has 0 saturated heterocycles. The van der Waals surface area contributed by atoms with Gasteiger partial charge in [-0.15, -0.1) is 0 Å². The second kappa shape index (κ2) is 5.82. The number of carbonyl (C=O) groups is 1. The minimum absolute atomic E-state index is 0.00629. The Balaban J connectivity index is 1.88. The van der Waals surface area contributed by atoms with Crippen LogP contribution in [0.4, 0.5) is 5.69 Å². The Kier molecular flexibility index (Phi) is 4.15. The number of rotatable bonds is 4. The monoisotopic (exact) mass is 233 g/mol. The second-order valence-corrected chi connectivity index (χ2v) is 4.76. The van der Waals surface area contributed by atoms with Crippen molar-refractivity contribution < 1.29 is 9.90 Å². The molecule has 2 rings (SSSR count).